The number of rotatable bonds is 15. The molecule has 0 aliphatic carbocycles. The van der Waals surface area contributed by atoms with Gasteiger partial charge in [-0.15, -0.1) is 11.8 Å². The molecule has 10 nitrogen and oxygen atoms in total. The maximum atomic E-state index is 14.3. The third-order valence-electron chi connectivity index (χ3n) is 11.5. The molecule has 3 aromatic carbocycles. The Labute approximate surface area is 335 Å². The first kappa shape index (κ1) is 41.0. The van der Waals surface area contributed by atoms with Gasteiger partial charge in [-0.2, -0.15) is 0 Å². The van der Waals surface area contributed by atoms with Crippen molar-refractivity contribution in [1.29, 1.82) is 0 Å². The fourth-order valence-corrected chi connectivity index (χ4v) is 9.74. The number of nitrogens with one attached hydrogen (secondary N) is 2. The predicted octanol–water partition coefficient (Wildman–Crippen LogP) is 5.73. The van der Waals surface area contributed by atoms with Crippen LogP contribution in [0.3, 0.4) is 0 Å². The van der Waals surface area contributed by atoms with Gasteiger partial charge >= 0.3 is 5.97 Å². The van der Waals surface area contributed by atoms with Gasteiger partial charge in [-0.05, 0) is 99.5 Å². The summed E-state index contributed by atoms with van der Waals surface area (Å²) in [6, 6.07) is 27.8. The Kier molecular flexibility index (Phi) is 15.0. The summed E-state index contributed by atoms with van der Waals surface area (Å²) in [4.78, 5) is 72.8. The van der Waals surface area contributed by atoms with E-state index in [9.17, 15) is 24.0 Å². The average Bonchev–Trinajstić information content (AvgIpc) is 3.50. The number of amides is 4. The summed E-state index contributed by atoms with van der Waals surface area (Å²) in [5.74, 6) is -1.45. The normalized spacial score (nSPS) is 22.5. The number of hydrogen-bond donors (Lipinski definition) is 2. The summed E-state index contributed by atoms with van der Waals surface area (Å²) in [5.41, 5.74) is 3.16. The van der Waals surface area contributed by atoms with Crippen LogP contribution in [0.25, 0.3) is 0 Å². The largest absolute Gasteiger partial charge is 0.467 e. The number of esters is 1. The fourth-order valence-electron chi connectivity index (χ4n) is 8.35. The topological polar surface area (TPSA) is 125 Å². The predicted molar refractivity (Wildman–Crippen MR) is 218 cm³/mol. The van der Waals surface area contributed by atoms with Gasteiger partial charge in [0.2, 0.25) is 23.6 Å². The number of methoxy groups -OCH3 is 1. The molecule has 3 aromatic rings. The third-order valence-corrected chi connectivity index (χ3v) is 12.8. The quantitative estimate of drug-likeness (QED) is 0.189. The van der Waals surface area contributed by atoms with E-state index in [0.717, 1.165) is 43.2 Å². The van der Waals surface area contributed by atoms with Crippen LogP contribution in [0.2, 0.25) is 0 Å². The highest BCUT2D eigenvalue weighted by molar-refractivity contribution is 7.99. The average molecular weight is 781 g/mol. The molecule has 6 atom stereocenters. The standard InChI is InChI=1S/C45H56N4O6S/c1-55-45(54)39-21-13-22-40-49(39)44(53)38(26-29-56-40)47-42(51)36(31-34-18-9-4-10-19-34)24-23-35(30-33-16-7-3-8-17-33)41(50)46-37-20-11-12-27-48(43(37)52)28-25-32-14-5-2-6-15-32/h2-10,14-19,35-40H,11-13,20-31H2,1H3,(H,46,50)(H,47,51)/t35-,36-,37+,38+,39+,40+/m1/s1. The second-order valence-electron chi connectivity index (χ2n) is 15.4. The van der Waals surface area contributed by atoms with Crippen molar-refractivity contribution >= 4 is 41.4 Å². The summed E-state index contributed by atoms with van der Waals surface area (Å²) in [7, 11) is 1.34. The molecule has 56 heavy (non-hydrogen) atoms. The highest BCUT2D eigenvalue weighted by Gasteiger charge is 2.44. The fraction of sp³-hybridized carbons (Fsp3) is 0.489. The molecule has 0 unspecified atom stereocenters. The second-order valence-corrected chi connectivity index (χ2v) is 16.6. The number of carbonyl (C=O) groups excluding carboxylic acids is 5. The highest BCUT2D eigenvalue weighted by Crippen LogP contribution is 2.35. The van der Waals surface area contributed by atoms with Crippen LogP contribution in [0.4, 0.5) is 0 Å². The summed E-state index contributed by atoms with van der Waals surface area (Å²) in [5, 5.41) is 6.14. The summed E-state index contributed by atoms with van der Waals surface area (Å²) in [6.45, 7) is 1.27. The molecule has 3 heterocycles. The van der Waals surface area contributed by atoms with E-state index in [0.29, 0.717) is 63.8 Å². The second kappa shape index (κ2) is 20.5. The lowest BCUT2D eigenvalue weighted by molar-refractivity contribution is -0.156. The number of piperidine rings is 1. The number of nitrogens with zero attached hydrogens (tertiary/aromatic N) is 2. The molecule has 298 valence electrons. The van der Waals surface area contributed by atoms with E-state index in [-0.39, 0.29) is 29.0 Å². The number of likely N-dealkylation sites (tertiary alicyclic amines) is 1. The lowest BCUT2D eigenvalue weighted by Crippen LogP contribution is -2.57. The molecule has 3 aliphatic heterocycles. The molecule has 2 N–H and O–H groups in total. The van der Waals surface area contributed by atoms with Crippen LogP contribution < -0.4 is 10.6 Å². The number of ether oxygens (including phenoxy) is 1. The highest BCUT2D eigenvalue weighted by atomic mass is 32.2. The Morgan fingerprint density at radius 2 is 1.25 bits per heavy atom. The van der Waals surface area contributed by atoms with Crippen molar-refractivity contribution in [3.05, 3.63) is 108 Å². The Hall–Kier alpha value is -4.64. The number of fused-ring (bicyclic) bond motifs is 1. The summed E-state index contributed by atoms with van der Waals surface area (Å²) >= 11 is 1.66. The summed E-state index contributed by atoms with van der Waals surface area (Å²) in [6.07, 6.45) is 7.43. The Balaban J connectivity index is 1.17. The van der Waals surface area contributed by atoms with Crippen molar-refractivity contribution in [1.82, 2.24) is 20.4 Å². The lowest BCUT2D eigenvalue weighted by Gasteiger charge is -2.40. The van der Waals surface area contributed by atoms with Crippen molar-refractivity contribution in [3.63, 3.8) is 0 Å². The molecule has 4 amide bonds. The van der Waals surface area contributed by atoms with E-state index in [1.54, 1.807) is 16.7 Å². The van der Waals surface area contributed by atoms with E-state index in [1.165, 1.54) is 12.7 Å². The number of hydrogen-bond acceptors (Lipinski definition) is 7. The molecule has 0 bridgehead atoms. The summed E-state index contributed by atoms with van der Waals surface area (Å²) < 4.78 is 5.07. The van der Waals surface area contributed by atoms with Gasteiger partial charge in [0.1, 0.15) is 18.1 Å². The van der Waals surface area contributed by atoms with Crippen molar-refractivity contribution in [3.8, 4) is 0 Å². The van der Waals surface area contributed by atoms with Gasteiger partial charge in [0.05, 0.1) is 12.5 Å². The minimum absolute atomic E-state index is 0.0387. The molecule has 11 heteroatoms. The Bertz CT molecular complexity index is 1760. The van der Waals surface area contributed by atoms with Crippen LogP contribution >= 0.6 is 11.8 Å². The van der Waals surface area contributed by atoms with Crippen LogP contribution in [0.5, 0.6) is 0 Å². The Morgan fingerprint density at radius 1 is 0.696 bits per heavy atom. The first-order valence-electron chi connectivity index (χ1n) is 20.3. The van der Waals surface area contributed by atoms with Gasteiger partial charge in [-0.25, -0.2) is 4.79 Å². The van der Waals surface area contributed by atoms with Gasteiger partial charge in [-0.3, -0.25) is 19.2 Å². The van der Waals surface area contributed by atoms with Crippen LogP contribution in [0, 0.1) is 11.8 Å². The third kappa shape index (κ3) is 11.0. The monoisotopic (exact) mass is 780 g/mol. The van der Waals surface area contributed by atoms with Gasteiger partial charge in [-0.1, -0.05) is 91.0 Å². The molecular weight excluding hydrogens is 725 g/mol. The molecule has 3 saturated heterocycles. The molecule has 0 radical (unpaired) electrons. The van der Waals surface area contributed by atoms with E-state index in [2.05, 4.69) is 22.8 Å². The lowest BCUT2D eigenvalue weighted by atomic mass is 9.86. The van der Waals surface area contributed by atoms with Gasteiger partial charge in [0, 0.05) is 24.9 Å². The molecule has 0 aromatic heterocycles. The maximum absolute atomic E-state index is 14.3. The van der Waals surface area contributed by atoms with E-state index >= 15 is 0 Å². The van der Waals surface area contributed by atoms with Crippen LogP contribution in [-0.2, 0) is 48.0 Å². The minimum atomic E-state index is -0.766. The molecule has 3 aliphatic rings. The number of benzene rings is 3. The minimum Gasteiger partial charge on any atom is -0.467 e. The first-order chi connectivity index (χ1) is 27.3. The van der Waals surface area contributed by atoms with Crippen molar-refractivity contribution in [2.45, 2.75) is 101 Å². The number of carbonyl (C=O) groups is 5. The first-order valence-corrected chi connectivity index (χ1v) is 21.4. The van der Waals surface area contributed by atoms with Crippen molar-refractivity contribution in [2.75, 3.05) is 26.0 Å². The molecular formula is C45H56N4O6S. The smallest absolute Gasteiger partial charge is 0.328 e. The van der Waals surface area contributed by atoms with E-state index in [1.807, 2.05) is 83.8 Å². The van der Waals surface area contributed by atoms with Crippen molar-refractivity contribution in [2.24, 2.45) is 11.8 Å². The van der Waals surface area contributed by atoms with Crippen LogP contribution in [0.15, 0.2) is 91.0 Å². The van der Waals surface area contributed by atoms with Crippen LogP contribution in [0.1, 0.15) is 74.5 Å². The van der Waals surface area contributed by atoms with Crippen LogP contribution in [-0.4, -0.2) is 88.8 Å². The maximum Gasteiger partial charge on any atom is 0.328 e. The zero-order valence-electron chi connectivity index (χ0n) is 32.5. The molecule has 0 spiro atoms. The van der Waals surface area contributed by atoms with Gasteiger partial charge in [0.15, 0.2) is 0 Å². The molecule has 0 saturated carbocycles. The van der Waals surface area contributed by atoms with Gasteiger partial charge in [0.25, 0.3) is 0 Å². The molecule has 3 fully saturated rings. The Morgan fingerprint density at radius 3 is 1.82 bits per heavy atom. The zero-order valence-corrected chi connectivity index (χ0v) is 33.3. The van der Waals surface area contributed by atoms with E-state index < -0.39 is 35.9 Å². The van der Waals surface area contributed by atoms with Gasteiger partial charge < -0.3 is 25.2 Å². The van der Waals surface area contributed by atoms with E-state index in [4.69, 9.17) is 4.74 Å². The SMILES string of the molecule is COC(=O)[C@@H]1CCC[C@@H]2SCC[C@H](NC(=O)[C@H](CC[C@H](Cc3ccccc3)C(=O)N[C@H]3CCCCN(CCc4ccccc4)C3=O)Cc3ccccc3)C(=O)N21. The molecule has 6 rings (SSSR count). The number of thioether (sulfide) groups is 1. The zero-order chi connectivity index (χ0) is 39.3. The van der Waals surface area contributed by atoms with Crippen molar-refractivity contribution < 1.29 is 28.7 Å².